The molecule has 0 unspecified atom stereocenters. The van der Waals surface area contributed by atoms with E-state index >= 15 is 0 Å². The Bertz CT molecular complexity index is 625. The molecule has 2 aromatic rings. The molecule has 0 amide bonds. The lowest BCUT2D eigenvalue weighted by Crippen LogP contribution is -2.22. The highest BCUT2D eigenvalue weighted by Crippen LogP contribution is 2.26. The van der Waals surface area contributed by atoms with E-state index in [9.17, 15) is 10.1 Å². The molecule has 6 nitrogen and oxygen atoms in total. The van der Waals surface area contributed by atoms with Crippen LogP contribution in [-0.4, -0.2) is 20.7 Å². The maximum absolute atomic E-state index is 10.9. The third-order valence-corrected chi connectivity index (χ3v) is 3.40. The van der Waals surface area contributed by atoms with Gasteiger partial charge in [0, 0.05) is 24.8 Å². The maximum atomic E-state index is 10.9. The summed E-state index contributed by atoms with van der Waals surface area (Å²) in [6.45, 7) is 4.80. The maximum Gasteiger partial charge on any atom is 0.285 e. The lowest BCUT2D eigenvalue weighted by molar-refractivity contribution is -0.385. The Morgan fingerprint density at radius 1 is 1.45 bits per heavy atom. The zero-order chi connectivity index (χ0) is 14.7. The second-order valence-corrected chi connectivity index (χ2v) is 5.53. The minimum atomic E-state index is -0.418. The Kier molecular flexibility index (Phi) is 4.51. The van der Waals surface area contributed by atoms with Gasteiger partial charge in [0.2, 0.25) is 0 Å². The second-order valence-electron chi connectivity index (χ2n) is 4.68. The zero-order valence-electron chi connectivity index (χ0n) is 11.2. The summed E-state index contributed by atoms with van der Waals surface area (Å²) in [6, 6.07) is 7.21. The number of nitrogens with zero attached hydrogens (tertiary/aromatic N) is 3. The first-order valence-electron chi connectivity index (χ1n) is 6.19. The van der Waals surface area contributed by atoms with E-state index in [0.29, 0.717) is 22.7 Å². The van der Waals surface area contributed by atoms with E-state index in [2.05, 4.69) is 40.2 Å². The molecule has 106 valence electrons. The molecule has 0 radical (unpaired) electrons. The van der Waals surface area contributed by atoms with Crippen LogP contribution in [0.1, 0.15) is 19.5 Å². The number of halogens is 1. The summed E-state index contributed by atoms with van der Waals surface area (Å²) in [5.74, 6) is 0. The summed E-state index contributed by atoms with van der Waals surface area (Å²) in [4.78, 5) is 10.5. The molecule has 20 heavy (non-hydrogen) atoms. The fourth-order valence-corrected chi connectivity index (χ4v) is 2.08. The Balaban J connectivity index is 2.24. The summed E-state index contributed by atoms with van der Waals surface area (Å²) >= 11 is 3.17. The molecule has 0 saturated heterocycles. The average Bonchev–Trinajstić information content (AvgIpc) is 2.85. The number of rotatable bonds is 5. The van der Waals surface area contributed by atoms with Gasteiger partial charge in [-0.05, 0) is 34.1 Å². The van der Waals surface area contributed by atoms with Crippen LogP contribution in [0.25, 0.3) is 5.69 Å². The molecule has 1 aromatic carbocycles. The molecule has 0 saturated carbocycles. The van der Waals surface area contributed by atoms with Gasteiger partial charge in [-0.3, -0.25) is 10.1 Å². The minimum Gasteiger partial charge on any atom is -0.309 e. The van der Waals surface area contributed by atoms with Crippen molar-refractivity contribution < 1.29 is 4.92 Å². The van der Waals surface area contributed by atoms with Crippen molar-refractivity contribution >= 4 is 21.6 Å². The van der Waals surface area contributed by atoms with Gasteiger partial charge in [0.15, 0.2) is 0 Å². The fraction of sp³-hybridized carbons (Fsp3) is 0.308. The van der Waals surface area contributed by atoms with Crippen LogP contribution in [0.15, 0.2) is 34.9 Å². The van der Waals surface area contributed by atoms with Gasteiger partial charge in [0.1, 0.15) is 0 Å². The number of benzene rings is 1. The molecular formula is C13H15BrN4O2. The van der Waals surface area contributed by atoms with Gasteiger partial charge >= 0.3 is 0 Å². The van der Waals surface area contributed by atoms with Crippen LogP contribution in [-0.2, 0) is 6.54 Å². The van der Waals surface area contributed by atoms with Crippen molar-refractivity contribution in [1.82, 2.24) is 15.1 Å². The quantitative estimate of drug-likeness (QED) is 0.671. The van der Waals surface area contributed by atoms with Gasteiger partial charge < -0.3 is 5.32 Å². The fourth-order valence-electron chi connectivity index (χ4n) is 1.69. The van der Waals surface area contributed by atoms with Gasteiger partial charge in [0.05, 0.1) is 20.8 Å². The van der Waals surface area contributed by atoms with Crippen LogP contribution in [0.2, 0.25) is 0 Å². The van der Waals surface area contributed by atoms with Gasteiger partial charge in [0.25, 0.3) is 5.69 Å². The number of aromatic nitrogens is 2. The van der Waals surface area contributed by atoms with Gasteiger partial charge in [-0.2, -0.15) is 5.10 Å². The Morgan fingerprint density at radius 3 is 2.85 bits per heavy atom. The Morgan fingerprint density at radius 2 is 2.20 bits per heavy atom. The van der Waals surface area contributed by atoms with Gasteiger partial charge in [-0.1, -0.05) is 13.8 Å². The topological polar surface area (TPSA) is 73.0 Å². The van der Waals surface area contributed by atoms with E-state index in [1.54, 1.807) is 23.0 Å². The van der Waals surface area contributed by atoms with Crippen molar-refractivity contribution in [2.45, 2.75) is 26.4 Å². The third kappa shape index (κ3) is 3.43. The van der Waals surface area contributed by atoms with E-state index in [0.717, 1.165) is 5.69 Å². The average molecular weight is 339 g/mol. The van der Waals surface area contributed by atoms with E-state index in [1.807, 2.05) is 6.07 Å². The number of nitrogens with one attached hydrogen (secondary N) is 1. The predicted molar refractivity (Wildman–Crippen MR) is 79.9 cm³/mol. The minimum absolute atomic E-state index is 0.0276. The predicted octanol–water partition coefficient (Wildman–Crippen LogP) is 3.04. The number of hydrogen-bond acceptors (Lipinski definition) is 4. The molecule has 0 spiro atoms. The molecule has 0 atom stereocenters. The molecular weight excluding hydrogens is 324 g/mol. The van der Waals surface area contributed by atoms with Crippen LogP contribution in [0.4, 0.5) is 5.69 Å². The van der Waals surface area contributed by atoms with E-state index in [-0.39, 0.29) is 5.69 Å². The lowest BCUT2D eigenvalue weighted by atomic mass is 10.3. The zero-order valence-corrected chi connectivity index (χ0v) is 12.8. The van der Waals surface area contributed by atoms with Crippen molar-refractivity contribution in [1.29, 1.82) is 0 Å². The van der Waals surface area contributed by atoms with Crippen LogP contribution >= 0.6 is 15.9 Å². The highest BCUT2D eigenvalue weighted by atomic mass is 79.9. The molecule has 0 aliphatic carbocycles. The van der Waals surface area contributed by atoms with Gasteiger partial charge in [-0.25, -0.2) is 4.68 Å². The largest absolute Gasteiger partial charge is 0.309 e. The van der Waals surface area contributed by atoms with Crippen LogP contribution in [0.3, 0.4) is 0 Å². The Hall–Kier alpha value is -1.73. The Labute approximate surface area is 125 Å². The third-order valence-electron chi connectivity index (χ3n) is 2.73. The molecule has 2 rings (SSSR count). The highest BCUT2D eigenvalue weighted by Gasteiger charge is 2.13. The standard InChI is InChI=1S/C13H15BrN4O2/c1-9(2)15-8-10-5-6-17(16-10)11-3-4-12(14)13(7-11)18(19)20/h3-7,9,15H,8H2,1-2H3. The van der Waals surface area contributed by atoms with Gasteiger partial charge in [-0.15, -0.1) is 0 Å². The summed E-state index contributed by atoms with van der Waals surface area (Å²) in [6.07, 6.45) is 1.80. The molecule has 1 aromatic heterocycles. The first-order valence-corrected chi connectivity index (χ1v) is 6.99. The summed E-state index contributed by atoms with van der Waals surface area (Å²) in [5, 5.41) is 18.6. The first-order chi connectivity index (χ1) is 9.47. The van der Waals surface area contributed by atoms with Crippen molar-refractivity contribution in [3.63, 3.8) is 0 Å². The van der Waals surface area contributed by atoms with Crippen molar-refractivity contribution in [3.8, 4) is 5.69 Å². The van der Waals surface area contributed by atoms with E-state index in [1.165, 1.54) is 6.07 Å². The summed E-state index contributed by atoms with van der Waals surface area (Å²) in [5.41, 5.74) is 1.58. The molecule has 0 bridgehead atoms. The molecule has 7 heteroatoms. The molecule has 1 N–H and O–H groups in total. The summed E-state index contributed by atoms with van der Waals surface area (Å²) < 4.78 is 2.09. The van der Waals surface area contributed by atoms with E-state index < -0.39 is 4.92 Å². The molecule has 0 aliphatic rings. The lowest BCUT2D eigenvalue weighted by Gasteiger charge is -2.05. The first kappa shape index (κ1) is 14.7. The SMILES string of the molecule is CC(C)NCc1ccn(-c2ccc(Br)c([N+](=O)[O-])c2)n1. The molecule has 0 fully saturated rings. The van der Waals surface area contributed by atoms with Crippen LogP contribution < -0.4 is 5.32 Å². The molecule has 1 heterocycles. The van der Waals surface area contributed by atoms with Crippen molar-refractivity contribution in [2.75, 3.05) is 0 Å². The second kappa shape index (κ2) is 6.15. The van der Waals surface area contributed by atoms with Crippen molar-refractivity contribution in [3.05, 3.63) is 50.7 Å². The number of hydrogen-bond donors (Lipinski definition) is 1. The number of nitro benzene ring substituents is 1. The van der Waals surface area contributed by atoms with Crippen molar-refractivity contribution in [2.24, 2.45) is 0 Å². The highest BCUT2D eigenvalue weighted by molar-refractivity contribution is 9.10. The normalized spacial score (nSPS) is 11.0. The number of nitro groups is 1. The monoisotopic (exact) mass is 338 g/mol. The van der Waals surface area contributed by atoms with Crippen LogP contribution in [0, 0.1) is 10.1 Å². The van der Waals surface area contributed by atoms with Crippen LogP contribution in [0.5, 0.6) is 0 Å². The molecule has 0 aliphatic heterocycles. The smallest absolute Gasteiger partial charge is 0.285 e. The summed E-state index contributed by atoms with van der Waals surface area (Å²) in [7, 11) is 0. The van der Waals surface area contributed by atoms with E-state index in [4.69, 9.17) is 0 Å².